The van der Waals surface area contributed by atoms with Crippen LogP contribution in [0.5, 0.6) is 0 Å². The maximum Gasteiger partial charge on any atom is 0.271 e. The van der Waals surface area contributed by atoms with Crippen LogP contribution in [0.25, 0.3) is 0 Å². The third-order valence-electron chi connectivity index (χ3n) is 5.33. The number of nitrogens with zero attached hydrogens (tertiary/aromatic N) is 3. The standard InChI is InChI=1S/C21H25N3O5S/c1-4-18(21(25)22-13-7-9-16-8-5-6-10-19(16)22)23(30(3,28)29)20-14-17(24(26)27)12-11-15(20)2/h5-6,8,10-12,14,18H,4,7,9,13H2,1-3H3/t18-/m0/s1. The molecule has 2 aromatic carbocycles. The van der Waals surface area contributed by atoms with Crippen molar-refractivity contribution in [1.29, 1.82) is 0 Å². The lowest BCUT2D eigenvalue weighted by atomic mass is 10.0. The summed E-state index contributed by atoms with van der Waals surface area (Å²) in [5, 5.41) is 11.3. The van der Waals surface area contributed by atoms with Gasteiger partial charge in [-0.1, -0.05) is 31.2 Å². The first-order valence-corrected chi connectivity index (χ1v) is 11.6. The number of carbonyl (C=O) groups is 1. The van der Waals surface area contributed by atoms with Crippen molar-refractivity contribution >= 4 is 33.0 Å². The van der Waals surface area contributed by atoms with Crippen molar-refractivity contribution in [3.8, 4) is 0 Å². The molecule has 160 valence electrons. The molecule has 1 aliphatic heterocycles. The molecular formula is C21H25N3O5S. The predicted molar refractivity (Wildman–Crippen MR) is 116 cm³/mol. The Morgan fingerprint density at radius 2 is 1.97 bits per heavy atom. The summed E-state index contributed by atoms with van der Waals surface area (Å²) >= 11 is 0. The molecule has 0 unspecified atom stereocenters. The zero-order chi connectivity index (χ0) is 22.1. The normalized spacial score (nSPS) is 14.7. The third kappa shape index (κ3) is 4.16. The molecule has 0 N–H and O–H groups in total. The number of rotatable bonds is 6. The number of nitro groups is 1. The van der Waals surface area contributed by atoms with Crippen LogP contribution >= 0.6 is 0 Å². The van der Waals surface area contributed by atoms with Crippen molar-refractivity contribution in [2.45, 2.75) is 39.2 Å². The fraction of sp³-hybridized carbons (Fsp3) is 0.381. The number of aryl methyl sites for hydroxylation is 2. The number of anilines is 2. The molecule has 1 amide bonds. The summed E-state index contributed by atoms with van der Waals surface area (Å²) in [5.41, 5.74) is 2.30. The molecule has 0 saturated carbocycles. The van der Waals surface area contributed by atoms with Crippen molar-refractivity contribution in [2.24, 2.45) is 0 Å². The van der Waals surface area contributed by atoms with Crippen LogP contribution in [0.15, 0.2) is 42.5 Å². The Labute approximate surface area is 176 Å². The molecule has 0 fully saturated rings. The SMILES string of the molecule is CC[C@@H](C(=O)N1CCCc2ccccc21)N(c1cc([N+](=O)[O-])ccc1C)S(C)(=O)=O. The second kappa shape index (κ2) is 8.43. The van der Waals surface area contributed by atoms with Crippen LogP contribution in [0, 0.1) is 17.0 Å². The summed E-state index contributed by atoms with van der Waals surface area (Å²) in [4.78, 5) is 25.9. The lowest BCUT2D eigenvalue weighted by Crippen LogP contribution is -2.52. The Hall–Kier alpha value is -2.94. The van der Waals surface area contributed by atoms with Crippen molar-refractivity contribution in [2.75, 3.05) is 22.0 Å². The third-order valence-corrected chi connectivity index (χ3v) is 6.50. The van der Waals surface area contributed by atoms with Gasteiger partial charge in [0.15, 0.2) is 0 Å². The first-order valence-electron chi connectivity index (χ1n) is 9.79. The zero-order valence-electron chi connectivity index (χ0n) is 17.2. The molecule has 2 aromatic rings. The summed E-state index contributed by atoms with van der Waals surface area (Å²) in [7, 11) is -3.89. The summed E-state index contributed by atoms with van der Waals surface area (Å²) in [6.07, 6.45) is 2.89. The molecule has 3 rings (SSSR count). The molecule has 30 heavy (non-hydrogen) atoms. The van der Waals surface area contributed by atoms with Gasteiger partial charge in [0.1, 0.15) is 6.04 Å². The largest absolute Gasteiger partial charge is 0.310 e. The van der Waals surface area contributed by atoms with Gasteiger partial charge in [-0.2, -0.15) is 0 Å². The highest BCUT2D eigenvalue weighted by molar-refractivity contribution is 7.92. The van der Waals surface area contributed by atoms with Gasteiger partial charge in [0.2, 0.25) is 10.0 Å². The molecular weight excluding hydrogens is 406 g/mol. The number of nitro benzene ring substituents is 1. The fourth-order valence-corrected chi connectivity index (χ4v) is 5.17. The Bertz CT molecular complexity index is 1080. The first-order chi connectivity index (χ1) is 14.1. The minimum absolute atomic E-state index is 0.150. The predicted octanol–water partition coefficient (Wildman–Crippen LogP) is 3.43. The highest BCUT2D eigenvalue weighted by Crippen LogP contribution is 2.33. The molecule has 1 atom stereocenters. The van der Waals surface area contributed by atoms with E-state index in [1.807, 2.05) is 24.3 Å². The van der Waals surface area contributed by atoms with Crippen LogP contribution in [-0.4, -0.2) is 38.1 Å². The summed E-state index contributed by atoms with van der Waals surface area (Å²) in [5.74, 6) is -0.332. The molecule has 0 aromatic heterocycles. The second-order valence-electron chi connectivity index (χ2n) is 7.43. The lowest BCUT2D eigenvalue weighted by molar-refractivity contribution is -0.384. The number of amides is 1. The van der Waals surface area contributed by atoms with E-state index in [4.69, 9.17) is 0 Å². The monoisotopic (exact) mass is 431 g/mol. The molecule has 8 nitrogen and oxygen atoms in total. The number of hydrogen-bond acceptors (Lipinski definition) is 5. The van der Waals surface area contributed by atoms with Crippen LogP contribution in [0.3, 0.4) is 0 Å². The van der Waals surface area contributed by atoms with Crippen molar-refractivity contribution < 1.29 is 18.1 Å². The average molecular weight is 432 g/mol. The van der Waals surface area contributed by atoms with Crippen molar-refractivity contribution in [3.05, 3.63) is 63.7 Å². The Kier molecular flexibility index (Phi) is 6.12. The van der Waals surface area contributed by atoms with Crippen LogP contribution < -0.4 is 9.21 Å². The highest BCUT2D eigenvalue weighted by Gasteiger charge is 2.37. The smallest absolute Gasteiger partial charge is 0.271 e. The van der Waals surface area contributed by atoms with E-state index in [1.165, 1.54) is 18.2 Å². The summed E-state index contributed by atoms with van der Waals surface area (Å²) < 4.78 is 26.6. The van der Waals surface area contributed by atoms with Gasteiger partial charge < -0.3 is 4.90 Å². The van der Waals surface area contributed by atoms with E-state index in [0.717, 1.165) is 34.7 Å². The van der Waals surface area contributed by atoms with E-state index in [0.29, 0.717) is 12.1 Å². The van der Waals surface area contributed by atoms with Crippen molar-refractivity contribution in [3.63, 3.8) is 0 Å². The van der Waals surface area contributed by atoms with E-state index >= 15 is 0 Å². The van der Waals surface area contributed by atoms with Gasteiger partial charge >= 0.3 is 0 Å². The van der Waals surface area contributed by atoms with E-state index < -0.39 is 21.0 Å². The second-order valence-corrected chi connectivity index (χ2v) is 9.29. The number of fused-ring (bicyclic) bond motifs is 1. The Morgan fingerprint density at radius 1 is 1.27 bits per heavy atom. The van der Waals surface area contributed by atoms with Gasteiger partial charge in [-0.3, -0.25) is 19.2 Å². The van der Waals surface area contributed by atoms with Crippen LogP contribution in [-0.2, 0) is 21.2 Å². The summed E-state index contributed by atoms with van der Waals surface area (Å²) in [6, 6.07) is 10.6. The molecule has 9 heteroatoms. The number of para-hydroxylation sites is 1. The van der Waals surface area contributed by atoms with E-state index in [2.05, 4.69) is 0 Å². The minimum Gasteiger partial charge on any atom is -0.310 e. The van der Waals surface area contributed by atoms with Crippen molar-refractivity contribution in [1.82, 2.24) is 0 Å². The molecule has 0 spiro atoms. The first kappa shape index (κ1) is 21.8. The average Bonchev–Trinajstić information content (AvgIpc) is 2.70. The van der Waals surface area contributed by atoms with Gasteiger partial charge in [0.25, 0.3) is 11.6 Å². The van der Waals surface area contributed by atoms with Gasteiger partial charge in [-0.05, 0) is 43.4 Å². The van der Waals surface area contributed by atoms with E-state index in [1.54, 1.807) is 18.7 Å². The van der Waals surface area contributed by atoms with Crippen LogP contribution in [0.2, 0.25) is 0 Å². The minimum atomic E-state index is -3.89. The number of hydrogen-bond donors (Lipinski definition) is 0. The lowest BCUT2D eigenvalue weighted by Gasteiger charge is -2.37. The summed E-state index contributed by atoms with van der Waals surface area (Å²) in [6.45, 7) is 3.91. The zero-order valence-corrected chi connectivity index (χ0v) is 18.1. The van der Waals surface area contributed by atoms with Gasteiger partial charge in [0.05, 0.1) is 16.9 Å². The maximum absolute atomic E-state index is 13.6. The Balaban J connectivity index is 2.10. The van der Waals surface area contributed by atoms with Gasteiger partial charge in [-0.15, -0.1) is 0 Å². The van der Waals surface area contributed by atoms with Crippen LogP contribution in [0.4, 0.5) is 17.1 Å². The molecule has 0 aliphatic carbocycles. The van der Waals surface area contributed by atoms with E-state index in [-0.39, 0.29) is 23.7 Å². The number of non-ortho nitro benzene ring substituents is 1. The highest BCUT2D eigenvalue weighted by atomic mass is 32.2. The maximum atomic E-state index is 13.6. The van der Waals surface area contributed by atoms with E-state index in [9.17, 15) is 23.3 Å². The molecule has 0 radical (unpaired) electrons. The molecule has 1 heterocycles. The number of benzene rings is 2. The Morgan fingerprint density at radius 3 is 2.60 bits per heavy atom. The number of sulfonamides is 1. The topological polar surface area (TPSA) is 101 Å². The van der Waals surface area contributed by atoms with Gasteiger partial charge in [0, 0.05) is 24.4 Å². The molecule has 0 saturated heterocycles. The van der Waals surface area contributed by atoms with Gasteiger partial charge in [-0.25, -0.2) is 8.42 Å². The molecule has 1 aliphatic rings. The quantitative estimate of drug-likeness (QED) is 0.515. The van der Waals surface area contributed by atoms with Crippen LogP contribution in [0.1, 0.15) is 30.9 Å². The molecule has 0 bridgehead atoms. The fourth-order valence-electron chi connectivity index (χ4n) is 3.91. The number of carbonyl (C=O) groups excluding carboxylic acids is 1.